The third-order valence-corrected chi connectivity index (χ3v) is 4.29. The molecular weight excluding hydrogens is 354 g/mol. The molecule has 0 fully saturated rings. The van der Waals surface area contributed by atoms with E-state index in [4.69, 9.17) is 5.73 Å². The number of H-pyrrole nitrogens is 1. The number of hydrogen-bond donors (Lipinski definition) is 2. The zero-order chi connectivity index (χ0) is 19.7. The van der Waals surface area contributed by atoms with Crippen molar-refractivity contribution in [1.82, 2.24) is 15.0 Å². The SMILES string of the molecule is N#Cc1cccc(-c2nc3[nH]ccc(=O)c3nc2-c2ccc(C(N)=O)cc2)c1. The van der Waals surface area contributed by atoms with Crippen molar-refractivity contribution < 1.29 is 4.79 Å². The van der Waals surface area contributed by atoms with Crippen LogP contribution in [0, 0.1) is 11.3 Å². The van der Waals surface area contributed by atoms with Crippen molar-refractivity contribution in [2.75, 3.05) is 0 Å². The number of rotatable bonds is 3. The molecule has 0 radical (unpaired) electrons. The Morgan fingerprint density at radius 1 is 1.00 bits per heavy atom. The van der Waals surface area contributed by atoms with Crippen LogP contribution in [0.3, 0.4) is 0 Å². The van der Waals surface area contributed by atoms with Gasteiger partial charge in [-0.3, -0.25) is 9.59 Å². The van der Waals surface area contributed by atoms with Crippen LogP contribution in [0.4, 0.5) is 0 Å². The average molecular weight is 367 g/mol. The van der Waals surface area contributed by atoms with Gasteiger partial charge < -0.3 is 10.7 Å². The summed E-state index contributed by atoms with van der Waals surface area (Å²) in [7, 11) is 0. The second-order valence-corrected chi connectivity index (χ2v) is 6.09. The molecule has 2 aromatic heterocycles. The Kier molecular flexibility index (Phi) is 4.14. The molecule has 2 heterocycles. The summed E-state index contributed by atoms with van der Waals surface area (Å²) in [4.78, 5) is 35.6. The number of aromatic nitrogens is 3. The monoisotopic (exact) mass is 367 g/mol. The second-order valence-electron chi connectivity index (χ2n) is 6.09. The normalized spacial score (nSPS) is 10.5. The fourth-order valence-electron chi connectivity index (χ4n) is 2.91. The maximum atomic E-state index is 12.2. The zero-order valence-electron chi connectivity index (χ0n) is 14.5. The van der Waals surface area contributed by atoms with Gasteiger partial charge in [-0.15, -0.1) is 0 Å². The third-order valence-electron chi connectivity index (χ3n) is 4.29. The Morgan fingerprint density at radius 2 is 1.75 bits per heavy atom. The first-order valence-corrected chi connectivity index (χ1v) is 8.37. The molecule has 134 valence electrons. The van der Waals surface area contributed by atoms with Crippen molar-refractivity contribution in [3.05, 3.63) is 82.1 Å². The van der Waals surface area contributed by atoms with Crippen LogP contribution in [0.15, 0.2) is 65.6 Å². The van der Waals surface area contributed by atoms with Gasteiger partial charge in [0.15, 0.2) is 11.2 Å². The average Bonchev–Trinajstić information content (AvgIpc) is 2.73. The van der Waals surface area contributed by atoms with Gasteiger partial charge >= 0.3 is 0 Å². The minimum Gasteiger partial charge on any atom is -0.366 e. The van der Waals surface area contributed by atoms with Gasteiger partial charge in [-0.2, -0.15) is 5.26 Å². The summed E-state index contributed by atoms with van der Waals surface area (Å²) in [5, 5.41) is 9.21. The molecule has 0 aliphatic heterocycles. The van der Waals surface area contributed by atoms with E-state index in [-0.39, 0.29) is 10.9 Å². The van der Waals surface area contributed by atoms with E-state index in [1.54, 1.807) is 42.5 Å². The first-order chi connectivity index (χ1) is 13.6. The van der Waals surface area contributed by atoms with Crippen LogP contribution in [0.2, 0.25) is 0 Å². The Balaban J connectivity index is 2.01. The number of carbonyl (C=O) groups is 1. The van der Waals surface area contributed by atoms with Crippen molar-refractivity contribution in [2.45, 2.75) is 0 Å². The fraction of sp³-hybridized carbons (Fsp3) is 0. The van der Waals surface area contributed by atoms with Gasteiger partial charge in [0.1, 0.15) is 0 Å². The van der Waals surface area contributed by atoms with Crippen molar-refractivity contribution in [3.8, 4) is 28.6 Å². The summed E-state index contributed by atoms with van der Waals surface area (Å²) in [6.45, 7) is 0. The van der Waals surface area contributed by atoms with Gasteiger partial charge in [0.25, 0.3) is 0 Å². The number of aromatic amines is 1. The number of nitrogens with two attached hydrogens (primary N) is 1. The number of carbonyl (C=O) groups excluding carboxylic acids is 1. The Bertz CT molecular complexity index is 1320. The number of nitrogens with one attached hydrogen (secondary N) is 1. The molecule has 0 aliphatic carbocycles. The van der Waals surface area contributed by atoms with E-state index in [1.165, 1.54) is 12.3 Å². The number of hydrogen-bond acceptors (Lipinski definition) is 5. The molecule has 0 atom stereocenters. The number of nitrogens with zero attached hydrogens (tertiary/aromatic N) is 3. The smallest absolute Gasteiger partial charge is 0.248 e. The third kappa shape index (κ3) is 2.99. The van der Waals surface area contributed by atoms with Crippen LogP contribution in [-0.2, 0) is 0 Å². The largest absolute Gasteiger partial charge is 0.366 e. The van der Waals surface area contributed by atoms with Crippen LogP contribution in [0.25, 0.3) is 33.7 Å². The van der Waals surface area contributed by atoms with Gasteiger partial charge in [0, 0.05) is 29.0 Å². The lowest BCUT2D eigenvalue weighted by molar-refractivity contribution is 0.100. The molecule has 0 spiro atoms. The molecule has 0 saturated heterocycles. The number of primary amides is 1. The molecule has 3 N–H and O–H groups in total. The minimum atomic E-state index is -0.533. The number of nitriles is 1. The van der Waals surface area contributed by atoms with E-state index in [2.05, 4.69) is 21.0 Å². The molecule has 28 heavy (non-hydrogen) atoms. The van der Waals surface area contributed by atoms with E-state index in [1.807, 2.05) is 6.07 Å². The summed E-state index contributed by atoms with van der Waals surface area (Å²) in [6.07, 6.45) is 1.51. The predicted molar refractivity (Wildman–Crippen MR) is 104 cm³/mol. The molecule has 7 heteroatoms. The molecule has 7 nitrogen and oxygen atoms in total. The highest BCUT2D eigenvalue weighted by Gasteiger charge is 2.15. The van der Waals surface area contributed by atoms with Crippen LogP contribution in [0.5, 0.6) is 0 Å². The number of amides is 1. The van der Waals surface area contributed by atoms with Gasteiger partial charge in [0.2, 0.25) is 11.3 Å². The Hall–Kier alpha value is -4.31. The zero-order valence-corrected chi connectivity index (χ0v) is 14.5. The molecule has 0 aliphatic rings. The summed E-state index contributed by atoms with van der Waals surface area (Å²) >= 11 is 0. The molecule has 0 unspecified atom stereocenters. The van der Waals surface area contributed by atoms with Crippen LogP contribution < -0.4 is 11.2 Å². The summed E-state index contributed by atoms with van der Waals surface area (Å²) in [6, 6.07) is 17.0. The van der Waals surface area contributed by atoms with Gasteiger partial charge in [-0.05, 0) is 24.3 Å². The quantitative estimate of drug-likeness (QED) is 0.576. The summed E-state index contributed by atoms with van der Waals surface area (Å²) < 4.78 is 0. The highest BCUT2D eigenvalue weighted by atomic mass is 16.1. The molecule has 0 saturated carbocycles. The van der Waals surface area contributed by atoms with Crippen molar-refractivity contribution in [3.63, 3.8) is 0 Å². The van der Waals surface area contributed by atoms with Crippen LogP contribution in [-0.4, -0.2) is 20.9 Å². The summed E-state index contributed by atoms with van der Waals surface area (Å²) in [5.74, 6) is -0.533. The van der Waals surface area contributed by atoms with Gasteiger partial charge in [-0.1, -0.05) is 24.3 Å². The topological polar surface area (TPSA) is 126 Å². The van der Waals surface area contributed by atoms with E-state index >= 15 is 0 Å². The first-order valence-electron chi connectivity index (χ1n) is 8.37. The number of pyridine rings is 1. The Labute approximate surface area is 159 Å². The standard InChI is InChI=1S/C21H13N5O2/c22-11-12-2-1-3-15(10-12)18-17(13-4-6-14(7-5-13)20(23)28)25-19-16(27)8-9-24-21(19)26-18/h1-10H,(H2,23,28)(H,24,26,27). The maximum absolute atomic E-state index is 12.2. The lowest BCUT2D eigenvalue weighted by Gasteiger charge is -2.10. The van der Waals surface area contributed by atoms with E-state index in [0.29, 0.717) is 39.3 Å². The number of benzene rings is 2. The maximum Gasteiger partial charge on any atom is 0.248 e. The van der Waals surface area contributed by atoms with Crippen LogP contribution >= 0.6 is 0 Å². The van der Waals surface area contributed by atoms with E-state index < -0.39 is 5.91 Å². The fourth-order valence-corrected chi connectivity index (χ4v) is 2.91. The lowest BCUT2D eigenvalue weighted by atomic mass is 10.0. The van der Waals surface area contributed by atoms with Crippen molar-refractivity contribution >= 4 is 17.1 Å². The molecule has 4 rings (SSSR count). The molecule has 1 amide bonds. The predicted octanol–water partition coefficient (Wildman–Crippen LogP) is 2.62. The van der Waals surface area contributed by atoms with E-state index in [0.717, 1.165) is 0 Å². The first kappa shape index (κ1) is 17.1. The van der Waals surface area contributed by atoms with Crippen molar-refractivity contribution in [1.29, 1.82) is 5.26 Å². The molecule has 4 aromatic rings. The lowest BCUT2D eigenvalue weighted by Crippen LogP contribution is -2.10. The highest BCUT2D eigenvalue weighted by Crippen LogP contribution is 2.30. The second kappa shape index (κ2) is 6.78. The van der Waals surface area contributed by atoms with Gasteiger partial charge in [-0.25, -0.2) is 9.97 Å². The molecule has 2 aromatic carbocycles. The van der Waals surface area contributed by atoms with Gasteiger partial charge in [0.05, 0.1) is 23.0 Å². The number of fused-ring (bicyclic) bond motifs is 1. The van der Waals surface area contributed by atoms with Crippen molar-refractivity contribution in [2.24, 2.45) is 5.73 Å². The Morgan fingerprint density at radius 3 is 2.46 bits per heavy atom. The summed E-state index contributed by atoms with van der Waals surface area (Å²) in [5.41, 5.74) is 8.79. The molecular formula is C21H13N5O2. The van der Waals surface area contributed by atoms with Crippen LogP contribution in [0.1, 0.15) is 15.9 Å². The highest BCUT2D eigenvalue weighted by molar-refractivity contribution is 5.93. The molecule has 0 bridgehead atoms. The minimum absolute atomic E-state index is 0.205. The van der Waals surface area contributed by atoms with E-state index in [9.17, 15) is 14.9 Å².